The van der Waals surface area contributed by atoms with E-state index >= 15 is 0 Å². The molecule has 0 amide bonds. The highest BCUT2D eigenvalue weighted by atomic mass is 16.6. The summed E-state index contributed by atoms with van der Waals surface area (Å²) in [6.07, 6.45) is 9.16. The van der Waals surface area contributed by atoms with Crippen molar-refractivity contribution in [3.63, 3.8) is 0 Å². The van der Waals surface area contributed by atoms with Gasteiger partial charge in [0.25, 0.3) is 0 Å². The number of ketones is 1. The van der Waals surface area contributed by atoms with Gasteiger partial charge in [-0.1, -0.05) is 85.3 Å². The number of allylic oxidation sites excluding steroid dienone is 1. The Kier molecular flexibility index (Phi) is 9.52. The largest absolute Gasteiger partial charge is 0.461 e. The Bertz CT molecular complexity index is 1120. The van der Waals surface area contributed by atoms with Gasteiger partial charge in [-0.3, -0.25) is 14.4 Å². The van der Waals surface area contributed by atoms with Crippen molar-refractivity contribution in [3.8, 4) is 0 Å². The molecule has 2 saturated carbocycles. The highest BCUT2D eigenvalue weighted by Crippen LogP contribution is 2.75. The van der Waals surface area contributed by atoms with E-state index in [9.17, 15) is 29.7 Å². The summed E-state index contributed by atoms with van der Waals surface area (Å²) in [4.78, 5) is 40.1. The fraction of sp³-hybridized carbons (Fsp3) is 0.794. The van der Waals surface area contributed by atoms with Crippen LogP contribution in [0.25, 0.3) is 0 Å². The van der Waals surface area contributed by atoms with Crippen LogP contribution in [0.2, 0.25) is 0 Å². The number of fused-ring (bicyclic) bond motifs is 3. The van der Waals surface area contributed by atoms with Crippen LogP contribution in [0.1, 0.15) is 112 Å². The average Bonchev–Trinajstić information content (AvgIpc) is 3.34. The molecule has 0 heterocycles. The van der Waals surface area contributed by atoms with Gasteiger partial charge in [-0.15, -0.1) is 0 Å². The van der Waals surface area contributed by atoms with Crippen molar-refractivity contribution in [2.45, 2.75) is 136 Å². The zero-order valence-corrected chi connectivity index (χ0v) is 26.4. The Labute approximate surface area is 250 Å². The van der Waals surface area contributed by atoms with Gasteiger partial charge in [0, 0.05) is 30.1 Å². The molecule has 8 nitrogen and oxygen atoms in total. The van der Waals surface area contributed by atoms with Gasteiger partial charge in [-0.05, 0) is 43.3 Å². The van der Waals surface area contributed by atoms with E-state index in [4.69, 9.17) is 9.47 Å². The minimum absolute atomic E-state index is 0.185. The molecule has 2 unspecified atom stereocenters. The zero-order valence-electron chi connectivity index (χ0n) is 26.4. The summed E-state index contributed by atoms with van der Waals surface area (Å²) in [5.74, 6) is -2.79. The molecular formula is C34H52O8. The Hall–Kier alpha value is -2.03. The van der Waals surface area contributed by atoms with E-state index in [1.807, 2.05) is 27.7 Å². The molecule has 2 bridgehead atoms. The second kappa shape index (κ2) is 12.2. The van der Waals surface area contributed by atoms with Crippen molar-refractivity contribution in [2.75, 3.05) is 6.61 Å². The van der Waals surface area contributed by atoms with Crippen LogP contribution in [0, 0.1) is 28.6 Å². The number of esters is 2. The number of aliphatic hydroxyl groups is 3. The molecule has 4 aliphatic rings. The van der Waals surface area contributed by atoms with Crippen molar-refractivity contribution in [3.05, 3.63) is 23.3 Å². The van der Waals surface area contributed by atoms with Crippen LogP contribution < -0.4 is 0 Å². The smallest absolute Gasteiger partial charge is 0.306 e. The molecule has 236 valence electrons. The summed E-state index contributed by atoms with van der Waals surface area (Å²) in [6.45, 7) is 11.2. The number of aliphatic hydroxyl groups excluding tert-OH is 2. The van der Waals surface area contributed by atoms with Gasteiger partial charge in [0.15, 0.2) is 5.78 Å². The van der Waals surface area contributed by atoms with Gasteiger partial charge >= 0.3 is 11.9 Å². The molecule has 0 aliphatic heterocycles. The van der Waals surface area contributed by atoms with Gasteiger partial charge in [0.05, 0.1) is 5.41 Å². The third kappa shape index (κ3) is 4.99. The zero-order chi connectivity index (χ0) is 31.1. The van der Waals surface area contributed by atoms with Gasteiger partial charge in [0.1, 0.15) is 30.0 Å². The lowest BCUT2D eigenvalue weighted by atomic mass is 9.59. The third-order valence-corrected chi connectivity index (χ3v) is 11.0. The number of unbranched alkanes of at least 4 members (excludes halogenated alkanes) is 6. The first kappa shape index (κ1) is 32.9. The third-order valence-electron chi connectivity index (χ3n) is 11.0. The predicted octanol–water partition coefficient (Wildman–Crippen LogP) is 4.97. The minimum atomic E-state index is -2.25. The predicted molar refractivity (Wildman–Crippen MR) is 158 cm³/mol. The van der Waals surface area contributed by atoms with Crippen molar-refractivity contribution < 1.29 is 39.2 Å². The summed E-state index contributed by atoms with van der Waals surface area (Å²) in [5, 5.41) is 35.2. The Morgan fingerprint density at radius 2 is 1.60 bits per heavy atom. The monoisotopic (exact) mass is 588 g/mol. The SMILES string of the molecule is CCCCCCCCCC(=O)O[C@@]12CC(C)C34C=C(C)[C@H](O)[C@@]3(O)[C@H](O)C(COC(=O)CCC)=C[C@H](C4=O)[C@@H]1C2(C)C. The molecular weight excluding hydrogens is 536 g/mol. The summed E-state index contributed by atoms with van der Waals surface area (Å²) in [5.41, 5.74) is -4.75. The number of carbonyl (C=O) groups is 3. The first-order valence-corrected chi connectivity index (χ1v) is 16.2. The summed E-state index contributed by atoms with van der Waals surface area (Å²) < 4.78 is 11.8. The second-order valence-corrected chi connectivity index (χ2v) is 14.0. The molecule has 0 aromatic heterocycles. The summed E-state index contributed by atoms with van der Waals surface area (Å²) in [7, 11) is 0. The van der Waals surface area contributed by atoms with Crippen molar-refractivity contribution in [1.29, 1.82) is 0 Å². The van der Waals surface area contributed by atoms with Crippen LogP contribution in [-0.2, 0) is 23.9 Å². The Morgan fingerprint density at radius 1 is 0.952 bits per heavy atom. The molecule has 1 spiro atoms. The molecule has 4 aliphatic carbocycles. The number of hydrogen-bond acceptors (Lipinski definition) is 8. The molecule has 0 saturated heterocycles. The molecule has 0 aromatic carbocycles. The number of ether oxygens (including phenoxy) is 2. The van der Waals surface area contributed by atoms with E-state index < -0.39 is 52.0 Å². The normalized spacial score (nSPS) is 37.9. The van der Waals surface area contributed by atoms with E-state index in [0.29, 0.717) is 24.8 Å². The molecule has 8 heteroatoms. The number of Topliss-reactive ketones (excluding diaryl/α,β-unsaturated/α-hetero) is 1. The van der Waals surface area contributed by atoms with E-state index in [0.717, 1.165) is 19.3 Å². The van der Waals surface area contributed by atoms with E-state index in [1.165, 1.54) is 25.7 Å². The van der Waals surface area contributed by atoms with Crippen LogP contribution >= 0.6 is 0 Å². The van der Waals surface area contributed by atoms with Gasteiger partial charge < -0.3 is 24.8 Å². The van der Waals surface area contributed by atoms with Crippen LogP contribution in [-0.4, -0.2) is 63.1 Å². The van der Waals surface area contributed by atoms with Crippen LogP contribution in [0.3, 0.4) is 0 Å². The fourth-order valence-corrected chi connectivity index (χ4v) is 8.64. The highest BCUT2D eigenvalue weighted by Gasteiger charge is 2.83. The summed E-state index contributed by atoms with van der Waals surface area (Å²) in [6, 6.07) is 0. The van der Waals surface area contributed by atoms with Gasteiger partial charge in [-0.25, -0.2) is 0 Å². The van der Waals surface area contributed by atoms with Crippen LogP contribution in [0.15, 0.2) is 23.3 Å². The standard InChI is InChI=1S/C34H52O8/c1-7-9-10-11-12-13-14-16-26(36)42-33-19-22(4)32-18-21(3)28(37)34(32,40)29(38)23(20-41-25(35)15-8-2)17-24(30(32)39)27(33)31(33,5)6/h17-18,22,24,27-29,37-38,40H,7-16,19-20H2,1-6H3/t22?,24-,27+,28-,29+,32?,33-,34+/m0/s1. The molecule has 8 atom stereocenters. The maximum Gasteiger partial charge on any atom is 0.306 e. The molecule has 4 rings (SSSR count). The van der Waals surface area contributed by atoms with Gasteiger partial charge in [0.2, 0.25) is 0 Å². The quantitative estimate of drug-likeness (QED) is 0.156. The number of hydrogen-bond donors (Lipinski definition) is 3. The lowest BCUT2D eigenvalue weighted by molar-refractivity contribution is -0.192. The number of carbonyl (C=O) groups excluding carboxylic acids is 3. The molecule has 42 heavy (non-hydrogen) atoms. The topological polar surface area (TPSA) is 130 Å². The lowest BCUT2D eigenvalue weighted by Gasteiger charge is -2.48. The van der Waals surface area contributed by atoms with E-state index in [-0.39, 0.29) is 36.3 Å². The van der Waals surface area contributed by atoms with Crippen molar-refractivity contribution in [1.82, 2.24) is 0 Å². The van der Waals surface area contributed by atoms with Crippen LogP contribution in [0.4, 0.5) is 0 Å². The highest BCUT2D eigenvalue weighted by molar-refractivity contribution is 5.96. The first-order chi connectivity index (χ1) is 19.8. The Balaban J connectivity index is 1.66. The maximum absolute atomic E-state index is 14.6. The van der Waals surface area contributed by atoms with Crippen molar-refractivity contribution >= 4 is 17.7 Å². The number of rotatable bonds is 13. The van der Waals surface area contributed by atoms with Gasteiger partial charge in [-0.2, -0.15) is 0 Å². The van der Waals surface area contributed by atoms with E-state index in [2.05, 4.69) is 6.92 Å². The lowest BCUT2D eigenvalue weighted by Crippen LogP contribution is -2.65. The average molecular weight is 589 g/mol. The fourth-order valence-electron chi connectivity index (χ4n) is 8.64. The molecule has 3 N–H and O–H groups in total. The molecule has 2 fully saturated rings. The van der Waals surface area contributed by atoms with E-state index in [1.54, 1.807) is 19.1 Å². The minimum Gasteiger partial charge on any atom is -0.461 e. The molecule has 0 radical (unpaired) electrons. The maximum atomic E-state index is 14.6. The van der Waals surface area contributed by atoms with Crippen LogP contribution in [0.5, 0.6) is 0 Å². The summed E-state index contributed by atoms with van der Waals surface area (Å²) >= 11 is 0. The second-order valence-electron chi connectivity index (χ2n) is 14.0. The first-order valence-electron chi connectivity index (χ1n) is 16.2. The van der Waals surface area contributed by atoms with Crippen molar-refractivity contribution in [2.24, 2.45) is 28.6 Å². The molecule has 0 aromatic rings. The Morgan fingerprint density at radius 3 is 2.24 bits per heavy atom.